The van der Waals surface area contributed by atoms with Crippen LogP contribution in [0.3, 0.4) is 0 Å². The number of aromatic nitrogens is 2. The molecule has 0 aliphatic carbocycles. The van der Waals surface area contributed by atoms with Crippen LogP contribution in [0.2, 0.25) is 0 Å². The van der Waals surface area contributed by atoms with E-state index >= 15 is 0 Å². The molecule has 0 aromatic carbocycles. The number of fused-ring (bicyclic) bond motifs is 1. The van der Waals surface area contributed by atoms with Gasteiger partial charge in [0.1, 0.15) is 17.2 Å². The van der Waals surface area contributed by atoms with Gasteiger partial charge in [-0.3, -0.25) is 4.40 Å². The first-order valence-electron chi connectivity index (χ1n) is 5.88. The number of nitrogen functional groups attached to an aromatic ring is 1. The van der Waals surface area contributed by atoms with E-state index in [0.29, 0.717) is 5.82 Å². The number of anilines is 1. The maximum absolute atomic E-state index is 6.20. The number of nitrogens with two attached hydrogens (primary N) is 1. The second-order valence-electron chi connectivity index (χ2n) is 4.60. The highest BCUT2D eigenvalue weighted by Gasteiger charge is 2.14. The van der Waals surface area contributed by atoms with Crippen LogP contribution < -0.4 is 5.73 Å². The standard InChI is InChI=1S/C14H15N3S/c1-8-4-5-17-12(6-8)16-13(14(17)15)11-7-9(2)18-10(11)3/h4-7H,15H2,1-3H3. The summed E-state index contributed by atoms with van der Waals surface area (Å²) in [5.74, 6) is 0.714. The molecule has 2 N–H and O–H groups in total. The fourth-order valence-electron chi connectivity index (χ4n) is 2.23. The molecule has 3 nitrogen and oxygen atoms in total. The fraction of sp³-hybridized carbons (Fsp3) is 0.214. The Labute approximate surface area is 110 Å². The lowest BCUT2D eigenvalue weighted by molar-refractivity contribution is 1.18. The molecule has 0 aliphatic rings. The highest BCUT2D eigenvalue weighted by Crippen LogP contribution is 2.33. The number of hydrogen-bond acceptors (Lipinski definition) is 3. The lowest BCUT2D eigenvalue weighted by Gasteiger charge is -1.98. The largest absolute Gasteiger partial charge is 0.383 e. The third-order valence-electron chi connectivity index (χ3n) is 3.11. The fourth-order valence-corrected chi connectivity index (χ4v) is 3.15. The SMILES string of the molecule is Cc1ccn2c(N)c(-c3cc(C)sc3C)nc2c1. The van der Waals surface area contributed by atoms with Gasteiger partial charge in [0.25, 0.3) is 0 Å². The molecular weight excluding hydrogens is 242 g/mol. The summed E-state index contributed by atoms with van der Waals surface area (Å²) < 4.78 is 1.94. The summed E-state index contributed by atoms with van der Waals surface area (Å²) in [6.07, 6.45) is 1.98. The maximum atomic E-state index is 6.20. The predicted octanol–water partition coefficient (Wildman–Crippen LogP) is 3.57. The van der Waals surface area contributed by atoms with Gasteiger partial charge >= 0.3 is 0 Å². The number of pyridine rings is 1. The van der Waals surface area contributed by atoms with E-state index in [-0.39, 0.29) is 0 Å². The van der Waals surface area contributed by atoms with Crippen LogP contribution in [-0.4, -0.2) is 9.38 Å². The lowest BCUT2D eigenvalue weighted by Crippen LogP contribution is -1.93. The minimum Gasteiger partial charge on any atom is -0.383 e. The zero-order chi connectivity index (χ0) is 12.9. The van der Waals surface area contributed by atoms with Gasteiger partial charge < -0.3 is 5.73 Å². The predicted molar refractivity (Wildman–Crippen MR) is 77.1 cm³/mol. The van der Waals surface area contributed by atoms with Crippen LogP contribution in [-0.2, 0) is 0 Å². The van der Waals surface area contributed by atoms with Crippen molar-refractivity contribution in [1.82, 2.24) is 9.38 Å². The van der Waals surface area contributed by atoms with Crippen molar-refractivity contribution in [3.63, 3.8) is 0 Å². The van der Waals surface area contributed by atoms with E-state index in [1.165, 1.54) is 15.3 Å². The minimum atomic E-state index is 0.714. The molecule has 0 amide bonds. The monoisotopic (exact) mass is 257 g/mol. The normalized spacial score (nSPS) is 11.3. The Bertz CT molecular complexity index is 737. The number of aryl methyl sites for hydroxylation is 3. The van der Waals surface area contributed by atoms with E-state index < -0.39 is 0 Å². The van der Waals surface area contributed by atoms with Crippen LogP contribution in [0.25, 0.3) is 16.9 Å². The van der Waals surface area contributed by atoms with E-state index in [2.05, 4.69) is 37.9 Å². The van der Waals surface area contributed by atoms with Crippen LogP contribution in [0.5, 0.6) is 0 Å². The molecule has 3 aromatic heterocycles. The van der Waals surface area contributed by atoms with Crippen molar-refractivity contribution in [2.45, 2.75) is 20.8 Å². The van der Waals surface area contributed by atoms with E-state index in [1.54, 1.807) is 11.3 Å². The number of imidazole rings is 1. The van der Waals surface area contributed by atoms with Crippen molar-refractivity contribution in [3.8, 4) is 11.3 Å². The van der Waals surface area contributed by atoms with Gasteiger partial charge in [-0.2, -0.15) is 0 Å². The van der Waals surface area contributed by atoms with Crippen molar-refractivity contribution in [3.05, 3.63) is 39.7 Å². The maximum Gasteiger partial charge on any atom is 0.139 e. The molecule has 4 heteroatoms. The number of rotatable bonds is 1. The van der Waals surface area contributed by atoms with Gasteiger partial charge in [0, 0.05) is 21.5 Å². The van der Waals surface area contributed by atoms with Gasteiger partial charge in [0.15, 0.2) is 0 Å². The summed E-state index contributed by atoms with van der Waals surface area (Å²) in [6, 6.07) is 6.25. The Balaban J connectivity index is 2.30. The summed E-state index contributed by atoms with van der Waals surface area (Å²) in [5.41, 5.74) is 10.3. The highest BCUT2D eigenvalue weighted by molar-refractivity contribution is 7.12. The van der Waals surface area contributed by atoms with Crippen LogP contribution in [0, 0.1) is 20.8 Å². The Hall–Kier alpha value is -1.81. The van der Waals surface area contributed by atoms with Gasteiger partial charge in [-0.1, -0.05) is 0 Å². The molecule has 18 heavy (non-hydrogen) atoms. The third kappa shape index (κ3) is 1.61. The smallest absolute Gasteiger partial charge is 0.139 e. The summed E-state index contributed by atoms with van der Waals surface area (Å²) in [6.45, 7) is 6.28. The lowest BCUT2D eigenvalue weighted by atomic mass is 10.2. The van der Waals surface area contributed by atoms with Gasteiger partial charge in [-0.15, -0.1) is 11.3 Å². The van der Waals surface area contributed by atoms with Crippen LogP contribution in [0.1, 0.15) is 15.3 Å². The number of hydrogen-bond donors (Lipinski definition) is 1. The molecule has 0 bridgehead atoms. The van der Waals surface area contributed by atoms with Gasteiger partial charge in [0.05, 0.1) is 0 Å². The van der Waals surface area contributed by atoms with Gasteiger partial charge in [0.2, 0.25) is 0 Å². The Kier molecular flexibility index (Phi) is 2.41. The first-order chi connectivity index (χ1) is 8.56. The zero-order valence-electron chi connectivity index (χ0n) is 10.7. The summed E-state index contributed by atoms with van der Waals surface area (Å²) in [7, 11) is 0. The van der Waals surface area contributed by atoms with E-state index in [9.17, 15) is 0 Å². The van der Waals surface area contributed by atoms with Crippen molar-refractivity contribution in [2.24, 2.45) is 0 Å². The van der Waals surface area contributed by atoms with E-state index in [4.69, 9.17) is 5.73 Å². The molecule has 0 fully saturated rings. The number of thiophene rings is 1. The molecule has 3 heterocycles. The third-order valence-corrected chi connectivity index (χ3v) is 4.08. The average Bonchev–Trinajstić information content (AvgIpc) is 2.79. The Morgan fingerprint density at radius 3 is 2.67 bits per heavy atom. The molecule has 0 spiro atoms. The van der Waals surface area contributed by atoms with Crippen LogP contribution in [0.15, 0.2) is 24.4 Å². The topological polar surface area (TPSA) is 43.3 Å². The first kappa shape index (κ1) is 11.3. The van der Waals surface area contributed by atoms with Crippen molar-refractivity contribution >= 4 is 22.8 Å². The quantitative estimate of drug-likeness (QED) is 0.724. The van der Waals surface area contributed by atoms with E-state index in [0.717, 1.165) is 16.9 Å². The van der Waals surface area contributed by atoms with Crippen molar-refractivity contribution < 1.29 is 0 Å². The number of nitrogens with zero attached hydrogens (tertiary/aromatic N) is 2. The Morgan fingerprint density at radius 2 is 2.00 bits per heavy atom. The van der Waals surface area contributed by atoms with Gasteiger partial charge in [-0.05, 0) is 44.5 Å². The average molecular weight is 257 g/mol. The molecule has 0 atom stereocenters. The minimum absolute atomic E-state index is 0.714. The molecule has 0 aliphatic heterocycles. The molecular formula is C14H15N3S. The molecule has 3 aromatic rings. The molecule has 0 saturated carbocycles. The summed E-state index contributed by atoms with van der Waals surface area (Å²) in [5, 5.41) is 0. The summed E-state index contributed by atoms with van der Waals surface area (Å²) in [4.78, 5) is 7.21. The van der Waals surface area contributed by atoms with Crippen molar-refractivity contribution in [2.75, 3.05) is 5.73 Å². The molecule has 0 saturated heterocycles. The summed E-state index contributed by atoms with van der Waals surface area (Å²) >= 11 is 1.78. The van der Waals surface area contributed by atoms with Crippen molar-refractivity contribution in [1.29, 1.82) is 0 Å². The van der Waals surface area contributed by atoms with Crippen LogP contribution in [0.4, 0.5) is 5.82 Å². The van der Waals surface area contributed by atoms with Gasteiger partial charge in [-0.25, -0.2) is 4.98 Å². The Morgan fingerprint density at radius 1 is 1.22 bits per heavy atom. The van der Waals surface area contributed by atoms with Crippen LogP contribution >= 0.6 is 11.3 Å². The first-order valence-corrected chi connectivity index (χ1v) is 6.69. The molecule has 0 unspecified atom stereocenters. The molecule has 0 radical (unpaired) electrons. The second kappa shape index (κ2) is 3.85. The molecule has 3 rings (SSSR count). The highest BCUT2D eigenvalue weighted by atomic mass is 32.1. The zero-order valence-corrected chi connectivity index (χ0v) is 11.5. The second-order valence-corrected chi connectivity index (χ2v) is 6.07. The molecule has 92 valence electrons. The van der Waals surface area contributed by atoms with E-state index in [1.807, 2.05) is 16.7 Å².